The van der Waals surface area contributed by atoms with Gasteiger partial charge < -0.3 is 5.11 Å². The van der Waals surface area contributed by atoms with Crippen LogP contribution in [0.2, 0.25) is 0 Å². The Hall–Kier alpha value is -2.64. The van der Waals surface area contributed by atoms with Gasteiger partial charge in [-0.3, -0.25) is 5.10 Å². The van der Waals surface area contributed by atoms with Crippen molar-refractivity contribution in [1.82, 2.24) is 14.9 Å². The first-order valence-electron chi connectivity index (χ1n) is 8.76. The van der Waals surface area contributed by atoms with E-state index in [0.717, 1.165) is 34.5 Å². The van der Waals surface area contributed by atoms with Gasteiger partial charge in [0.15, 0.2) is 0 Å². The van der Waals surface area contributed by atoms with Gasteiger partial charge in [-0.15, -0.1) is 0 Å². The molecule has 0 radical (unpaired) electrons. The highest BCUT2D eigenvalue weighted by atomic mass is 32.2. The van der Waals surface area contributed by atoms with Gasteiger partial charge in [-0.1, -0.05) is 24.3 Å². The van der Waals surface area contributed by atoms with E-state index >= 15 is 0 Å². The van der Waals surface area contributed by atoms with Crippen LogP contribution in [-0.2, 0) is 16.4 Å². The van der Waals surface area contributed by atoms with Crippen molar-refractivity contribution in [1.29, 1.82) is 0 Å². The number of hydrogen-bond acceptors (Lipinski definition) is 4. The molecule has 2 aromatic carbocycles. The summed E-state index contributed by atoms with van der Waals surface area (Å²) in [6.07, 6.45) is 1.47. The summed E-state index contributed by atoms with van der Waals surface area (Å²) < 4.78 is 27.6. The summed E-state index contributed by atoms with van der Waals surface area (Å²) in [6, 6.07) is 13.5. The Morgan fingerprint density at radius 3 is 2.15 bits per heavy atom. The molecule has 1 aromatic heterocycles. The van der Waals surface area contributed by atoms with Crippen LogP contribution in [0.3, 0.4) is 0 Å². The Bertz CT molecular complexity index is 988. The molecule has 0 aliphatic rings. The number of phenols is 1. The molecule has 0 atom stereocenters. The fraction of sp³-hybridized carbons (Fsp3) is 0.250. The van der Waals surface area contributed by atoms with Crippen molar-refractivity contribution in [2.45, 2.75) is 31.6 Å². The topological polar surface area (TPSA) is 95.1 Å². The van der Waals surface area contributed by atoms with Crippen LogP contribution in [0, 0.1) is 13.8 Å². The number of phenolic OH excluding ortho intramolecular Hbond substituents is 1. The predicted molar refractivity (Wildman–Crippen MR) is 105 cm³/mol. The van der Waals surface area contributed by atoms with E-state index in [9.17, 15) is 13.5 Å². The molecule has 3 N–H and O–H groups in total. The molecule has 0 aliphatic carbocycles. The zero-order valence-corrected chi connectivity index (χ0v) is 16.2. The Labute approximate surface area is 159 Å². The maximum absolute atomic E-state index is 12.5. The van der Waals surface area contributed by atoms with Crippen molar-refractivity contribution in [2.75, 3.05) is 6.54 Å². The van der Waals surface area contributed by atoms with Crippen molar-refractivity contribution in [2.24, 2.45) is 0 Å². The Kier molecular flexibility index (Phi) is 5.62. The largest absolute Gasteiger partial charge is 0.508 e. The summed E-state index contributed by atoms with van der Waals surface area (Å²) in [5.74, 6) is 0.197. The van der Waals surface area contributed by atoms with Gasteiger partial charge in [0.05, 0.1) is 10.6 Å². The van der Waals surface area contributed by atoms with Crippen LogP contribution < -0.4 is 4.72 Å². The maximum Gasteiger partial charge on any atom is 0.240 e. The minimum absolute atomic E-state index is 0.197. The summed E-state index contributed by atoms with van der Waals surface area (Å²) in [4.78, 5) is 0.237. The van der Waals surface area contributed by atoms with E-state index in [-0.39, 0.29) is 10.6 Å². The van der Waals surface area contributed by atoms with E-state index < -0.39 is 10.0 Å². The van der Waals surface area contributed by atoms with Gasteiger partial charge in [0, 0.05) is 12.2 Å². The van der Waals surface area contributed by atoms with Crippen LogP contribution in [0.4, 0.5) is 0 Å². The van der Waals surface area contributed by atoms with E-state index in [4.69, 9.17) is 0 Å². The first kappa shape index (κ1) is 19.1. The van der Waals surface area contributed by atoms with Gasteiger partial charge in [-0.2, -0.15) is 5.10 Å². The average molecular weight is 385 g/mol. The number of hydrogen-bond donors (Lipinski definition) is 3. The Morgan fingerprint density at radius 2 is 1.59 bits per heavy atom. The molecule has 0 amide bonds. The van der Waals surface area contributed by atoms with E-state index in [1.165, 1.54) is 0 Å². The molecule has 0 saturated carbocycles. The van der Waals surface area contributed by atoms with Gasteiger partial charge in [0.2, 0.25) is 10.0 Å². The third-order valence-electron chi connectivity index (χ3n) is 4.54. The molecule has 0 saturated heterocycles. The smallest absolute Gasteiger partial charge is 0.240 e. The first-order valence-corrected chi connectivity index (χ1v) is 10.2. The van der Waals surface area contributed by atoms with Crippen LogP contribution >= 0.6 is 0 Å². The number of sulfonamides is 1. The van der Waals surface area contributed by atoms with Crippen LogP contribution in [0.15, 0.2) is 53.4 Å². The molecule has 0 spiro atoms. The Morgan fingerprint density at radius 1 is 1.00 bits per heavy atom. The summed E-state index contributed by atoms with van der Waals surface area (Å²) in [6.45, 7) is 4.28. The van der Waals surface area contributed by atoms with Crippen LogP contribution in [0.1, 0.15) is 23.4 Å². The average Bonchev–Trinajstić information content (AvgIpc) is 2.98. The Balaban J connectivity index is 1.60. The second kappa shape index (κ2) is 7.94. The number of aryl methyl sites for hydroxylation is 2. The van der Waals surface area contributed by atoms with E-state index in [0.29, 0.717) is 13.0 Å². The highest BCUT2D eigenvalue weighted by Gasteiger charge is 2.14. The molecule has 3 rings (SSSR count). The van der Waals surface area contributed by atoms with Crippen LogP contribution in [0.5, 0.6) is 5.75 Å². The molecular weight excluding hydrogens is 362 g/mol. The molecular formula is C20H23N3O3S. The molecule has 1 heterocycles. The number of aromatic amines is 1. The third-order valence-corrected chi connectivity index (χ3v) is 6.02. The molecule has 27 heavy (non-hydrogen) atoms. The summed E-state index contributed by atoms with van der Waals surface area (Å²) >= 11 is 0. The molecule has 6 nitrogen and oxygen atoms in total. The second-order valence-corrected chi connectivity index (χ2v) is 8.25. The lowest BCUT2D eigenvalue weighted by Gasteiger charge is -2.08. The zero-order valence-electron chi connectivity index (χ0n) is 15.4. The minimum atomic E-state index is -3.54. The predicted octanol–water partition coefficient (Wildman–Crippen LogP) is 3.31. The fourth-order valence-corrected chi connectivity index (χ4v) is 4.05. The lowest BCUT2D eigenvalue weighted by molar-refractivity contribution is 0.475. The van der Waals surface area contributed by atoms with E-state index in [1.807, 2.05) is 13.8 Å². The molecule has 7 heteroatoms. The summed E-state index contributed by atoms with van der Waals surface area (Å²) in [7, 11) is -3.54. The van der Waals surface area contributed by atoms with Gasteiger partial charge in [-0.05, 0) is 67.6 Å². The molecule has 0 bridgehead atoms. The summed E-state index contributed by atoms with van der Waals surface area (Å²) in [5, 5.41) is 16.4. The fourth-order valence-electron chi connectivity index (χ4n) is 2.98. The van der Waals surface area contributed by atoms with Crippen LogP contribution in [0.25, 0.3) is 11.1 Å². The van der Waals surface area contributed by atoms with Crippen LogP contribution in [-0.4, -0.2) is 30.3 Å². The lowest BCUT2D eigenvalue weighted by atomic mass is 10.1. The standard InChI is InChI=1S/C20H23N3O3S/c1-14-20(15(2)23-22-14)4-3-13-21-27(25,26)19-11-7-17(8-12-19)16-5-9-18(24)10-6-16/h5-12,21,24H,3-4,13H2,1-2H3,(H,22,23). The van der Waals surface area contributed by atoms with Crippen molar-refractivity contribution < 1.29 is 13.5 Å². The normalized spacial score (nSPS) is 11.6. The number of nitrogens with one attached hydrogen (secondary N) is 2. The first-order chi connectivity index (χ1) is 12.9. The number of aromatic nitrogens is 2. The van der Waals surface area contributed by atoms with Crippen molar-refractivity contribution >= 4 is 10.0 Å². The van der Waals surface area contributed by atoms with E-state index in [2.05, 4.69) is 14.9 Å². The minimum Gasteiger partial charge on any atom is -0.508 e. The molecule has 0 unspecified atom stereocenters. The van der Waals surface area contributed by atoms with Gasteiger partial charge >= 0.3 is 0 Å². The number of benzene rings is 2. The van der Waals surface area contributed by atoms with Crippen molar-refractivity contribution in [3.63, 3.8) is 0 Å². The lowest BCUT2D eigenvalue weighted by Crippen LogP contribution is -2.25. The van der Waals surface area contributed by atoms with Gasteiger partial charge in [0.1, 0.15) is 5.75 Å². The third kappa shape index (κ3) is 4.56. The van der Waals surface area contributed by atoms with Gasteiger partial charge in [-0.25, -0.2) is 13.1 Å². The summed E-state index contributed by atoms with van der Waals surface area (Å²) in [5.41, 5.74) is 4.93. The second-order valence-electron chi connectivity index (χ2n) is 6.49. The molecule has 3 aromatic rings. The molecule has 142 valence electrons. The number of aromatic hydroxyl groups is 1. The zero-order chi connectivity index (χ0) is 19.4. The van der Waals surface area contributed by atoms with Crippen molar-refractivity contribution in [3.05, 3.63) is 65.5 Å². The molecule has 0 aliphatic heterocycles. The van der Waals surface area contributed by atoms with E-state index in [1.54, 1.807) is 48.5 Å². The van der Waals surface area contributed by atoms with Crippen molar-refractivity contribution in [3.8, 4) is 16.9 Å². The quantitative estimate of drug-likeness (QED) is 0.544. The monoisotopic (exact) mass is 385 g/mol. The number of rotatable bonds is 7. The highest BCUT2D eigenvalue weighted by molar-refractivity contribution is 7.89. The maximum atomic E-state index is 12.5. The molecule has 0 fully saturated rings. The van der Waals surface area contributed by atoms with Gasteiger partial charge in [0.25, 0.3) is 0 Å². The highest BCUT2D eigenvalue weighted by Crippen LogP contribution is 2.23. The number of H-pyrrole nitrogens is 1. The number of nitrogens with zero attached hydrogens (tertiary/aromatic N) is 1. The SMILES string of the molecule is Cc1n[nH]c(C)c1CCCNS(=O)(=O)c1ccc(-c2ccc(O)cc2)cc1.